The molecule has 1 heterocycles. The molecule has 1 aliphatic heterocycles. The van der Waals surface area contributed by atoms with Crippen LogP contribution in [0.1, 0.15) is 35.7 Å². The Labute approximate surface area is 182 Å². The van der Waals surface area contributed by atoms with Gasteiger partial charge in [0.2, 0.25) is 15.9 Å². The second kappa shape index (κ2) is 10.0. The molecule has 2 amide bonds. The predicted octanol–water partition coefficient (Wildman–Crippen LogP) is 1.93. The van der Waals surface area contributed by atoms with E-state index in [1.807, 2.05) is 24.3 Å². The van der Waals surface area contributed by atoms with Gasteiger partial charge in [0.15, 0.2) is 0 Å². The maximum atomic E-state index is 12.6. The van der Waals surface area contributed by atoms with Crippen LogP contribution >= 0.6 is 0 Å². The lowest BCUT2D eigenvalue weighted by Gasteiger charge is -2.31. The van der Waals surface area contributed by atoms with Crippen LogP contribution in [0, 0.1) is 5.92 Å². The number of primary amides is 1. The van der Waals surface area contributed by atoms with Gasteiger partial charge in [-0.1, -0.05) is 25.1 Å². The zero-order valence-electron chi connectivity index (χ0n) is 17.5. The van der Waals surface area contributed by atoms with Crippen molar-refractivity contribution in [1.29, 1.82) is 0 Å². The van der Waals surface area contributed by atoms with Gasteiger partial charge in [-0.25, -0.2) is 13.1 Å². The summed E-state index contributed by atoms with van der Waals surface area (Å²) in [6.07, 6.45) is 1.79. The summed E-state index contributed by atoms with van der Waals surface area (Å²) in [5.74, 6) is -0.730. The second-order valence-corrected chi connectivity index (χ2v) is 9.42. The first-order valence-corrected chi connectivity index (χ1v) is 11.8. The van der Waals surface area contributed by atoms with Crippen LogP contribution in [0.5, 0.6) is 0 Å². The molecule has 1 aliphatic rings. The number of anilines is 1. The lowest BCUT2D eigenvalue weighted by Crippen LogP contribution is -2.40. The van der Waals surface area contributed by atoms with Crippen LogP contribution in [0.4, 0.5) is 5.69 Å². The molecule has 0 aliphatic carbocycles. The van der Waals surface area contributed by atoms with Gasteiger partial charge >= 0.3 is 0 Å². The van der Waals surface area contributed by atoms with Crippen molar-refractivity contribution in [2.45, 2.75) is 31.2 Å². The van der Waals surface area contributed by atoms with E-state index in [9.17, 15) is 18.0 Å². The molecule has 1 saturated heterocycles. The molecule has 8 nitrogen and oxygen atoms in total. The lowest BCUT2D eigenvalue weighted by molar-refractivity contribution is -0.123. The summed E-state index contributed by atoms with van der Waals surface area (Å²) < 4.78 is 26.7. The normalized spacial score (nSPS) is 17.3. The molecular weight excluding hydrogens is 416 g/mol. The molecule has 0 bridgehead atoms. The Kier molecular flexibility index (Phi) is 7.42. The number of carbonyl (C=O) groups excluding carboxylic acids is 2. The SMILES string of the molecule is CCNS(=O)(=O)c1cccc(C(=O)Nc2ccc(CN3CCCC(C(N)=O)C3)cc2)c1. The van der Waals surface area contributed by atoms with Crippen molar-refractivity contribution < 1.29 is 18.0 Å². The van der Waals surface area contributed by atoms with Gasteiger partial charge in [0.1, 0.15) is 0 Å². The largest absolute Gasteiger partial charge is 0.369 e. The first-order valence-electron chi connectivity index (χ1n) is 10.3. The zero-order valence-corrected chi connectivity index (χ0v) is 18.3. The number of rotatable bonds is 8. The molecule has 2 aromatic rings. The Morgan fingerprint density at radius 1 is 1.16 bits per heavy atom. The van der Waals surface area contributed by atoms with E-state index >= 15 is 0 Å². The van der Waals surface area contributed by atoms with Crippen LogP contribution in [0.15, 0.2) is 53.4 Å². The highest BCUT2D eigenvalue weighted by Crippen LogP contribution is 2.20. The van der Waals surface area contributed by atoms with Crippen LogP contribution in [-0.2, 0) is 21.4 Å². The van der Waals surface area contributed by atoms with Gasteiger partial charge in [0.25, 0.3) is 5.91 Å². The average Bonchev–Trinajstić information content (AvgIpc) is 2.75. The number of amides is 2. The summed E-state index contributed by atoms with van der Waals surface area (Å²) in [6, 6.07) is 13.4. The fraction of sp³-hybridized carbons (Fsp3) is 0.364. The Morgan fingerprint density at radius 3 is 2.58 bits per heavy atom. The van der Waals surface area contributed by atoms with Crippen LogP contribution in [-0.4, -0.2) is 44.8 Å². The summed E-state index contributed by atoms with van der Waals surface area (Å²) in [5.41, 5.74) is 7.39. The first-order chi connectivity index (χ1) is 14.8. The highest BCUT2D eigenvalue weighted by Gasteiger charge is 2.23. The van der Waals surface area contributed by atoms with Gasteiger partial charge < -0.3 is 11.1 Å². The van der Waals surface area contributed by atoms with E-state index in [0.29, 0.717) is 18.8 Å². The van der Waals surface area contributed by atoms with Crippen LogP contribution in [0.3, 0.4) is 0 Å². The van der Waals surface area contributed by atoms with E-state index in [2.05, 4.69) is 14.9 Å². The highest BCUT2D eigenvalue weighted by molar-refractivity contribution is 7.89. The molecule has 0 aromatic heterocycles. The molecule has 4 N–H and O–H groups in total. The summed E-state index contributed by atoms with van der Waals surface area (Å²) in [5, 5.41) is 2.79. The molecule has 1 fully saturated rings. The molecule has 3 rings (SSSR count). The minimum atomic E-state index is -3.63. The Hall–Kier alpha value is -2.75. The average molecular weight is 445 g/mol. The molecule has 1 unspecified atom stereocenters. The molecule has 9 heteroatoms. The number of sulfonamides is 1. The number of likely N-dealkylation sites (tertiary alicyclic amines) is 1. The Morgan fingerprint density at radius 2 is 1.90 bits per heavy atom. The van der Waals surface area contributed by atoms with Crippen molar-refractivity contribution in [2.24, 2.45) is 11.7 Å². The number of nitrogens with two attached hydrogens (primary N) is 1. The third-order valence-corrected chi connectivity index (χ3v) is 6.81. The molecule has 0 saturated carbocycles. The number of hydrogen-bond donors (Lipinski definition) is 3. The van der Waals surface area contributed by atoms with Crippen molar-refractivity contribution in [3.8, 4) is 0 Å². The topological polar surface area (TPSA) is 122 Å². The fourth-order valence-corrected chi connectivity index (χ4v) is 4.75. The van der Waals surface area contributed by atoms with Crippen molar-refractivity contribution in [3.63, 3.8) is 0 Å². The highest BCUT2D eigenvalue weighted by atomic mass is 32.2. The molecular formula is C22H28N4O4S. The van der Waals surface area contributed by atoms with Gasteiger partial charge in [-0.2, -0.15) is 0 Å². The Bertz CT molecular complexity index is 1040. The second-order valence-electron chi connectivity index (χ2n) is 7.66. The van der Waals surface area contributed by atoms with Gasteiger partial charge in [-0.05, 0) is 55.3 Å². The lowest BCUT2D eigenvalue weighted by atomic mass is 9.97. The number of hydrogen-bond acceptors (Lipinski definition) is 5. The van der Waals surface area contributed by atoms with Crippen molar-refractivity contribution in [3.05, 3.63) is 59.7 Å². The maximum Gasteiger partial charge on any atom is 0.255 e. The number of nitrogens with one attached hydrogen (secondary N) is 2. The predicted molar refractivity (Wildman–Crippen MR) is 119 cm³/mol. The Balaban J connectivity index is 1.62. The first kappa shape index (κ1) is 22.9. The van der Waals surface area contributed by atoms with Crippen LogP contribution in [0.25, 0.3) is 0 Å². The molecule has 0 spiro atoms. The van der Waals surface area contributed by atoms with Gasteiger partial charge in [-0.15, -0.1) is 0 Å². The molecule has 2 aromatic carbocycles. The van der Waals surface area contributed by atoms with Gasteiger partial charge in [-0.3, -0.25) is 14.5 Å². The van der Waals surface area contributed by atoms with E-state index in [1.54, 1.807) is 19.1 Å². The zero-order chi connectivity index (χ0) is 22.4. The number of carbonyl (C=O) groups is 2. The molecule has 1 atom stereocenters. The monoisotopic (exact) mass is 444 g/mol. The molecule has 166 valence electrons. The summed E-state index contributed by atoms with van der Waals surface area (Å²) in [7, 11) is -3.63. The van der Waals surface area contributed by atoms with Gasteiger partial charge in [0, 0.05) is 30.9 Å². The minimum absolute atomic E-state index is 0.0492. The standard InChI is InChI=1S/C22H28N4O4S/c1-2-24-31(29,30)20-7-3-5-17(13-20)22(28)25-19-10-8-16(9-11-19)14-26-12-4-6-18(15-26)21(23)27/h3,5,7-11,13,18,24H,2,4,6,12,14-15H2,1H3,(H2,23,27)(H,25,28). The quantitative estimate of drug-likeness (QED) is 0.574. The summed E-state index contributed by atoms with van der Waals surface area (Å²) >= 11 is 0. The number of nitrogens with zero attached hydrogens (tertiary/aromatic N) is 1. The van der Waals surface area contributed by atoms with Crippen LogP contribution in [0.2, 0.25) is 0 Å². The number of piperidine rings is 1. The minimum Gasteiger partial charge on any atom is -0.369 e. The number of benzene rings is 2. The van der Waals surface area contributed by atoms with E-state index < -0.39 is 10.0 Å². The third kappa shape index (κ3) is 6.13. The van der Waals surface area contributed by atoms with Crippen molar-refractivity contribution in [1.82, 2.24) is 9.62 Å². The van der Waals surface area contributed by atoms with Crippen molar-refractivity contribution >= 4 is 27.5 Å². The fourth-order valence-electron chi connectivity index (χ4n) is 3.66. The molecule has 0 radical (unpaired) electrons. The van der Waals surface area contributed by atoms with E-state index in [-0.39, 0.29) is 34.7 Å². The smallest absolute Gasteiger partial charge is 0.255 e. The summed E-state index contributed by atoms with van der Waals surface area (Å²) in [6.45, 7) is 4.27. The van der Waals surface area contributed by atoms with Gasteiger partial charge in [0.05, 0.1) is 10.8 Å². The third-order valence-electron chi connectivity index (χ3n) is 5.27. The molecule has 31 heavy (non-hydrogen) atoms. The summed E-state index contributed by atoms with van der Waals surface area (Å²) in [4.78, 5) is 26.3. The van der Waals surface area contributed by atoms with E-state index in [4.69, 9.17) is 5.73 Å². The van der Waals surface area contributed by atoms with Crippen LogP contribution < -0.4 is 15.8 Å². The van der Waals surface area contributed by atoms with Crippen molar-refractivity contribution in [2.75, 3.05) is 25.0 Å². The maximum absolute atomic E-state index is 12.6. The van der Waals surface area contributed by atoms with E-state index in [0.717, 1.165) is 24.9 Å². The van der Waals surface area contributed by atoms with E-state index in [1.165, 1.54) is 12.1 Å².